The lowest BCUT2D eigenvalue weighted by Crippen LogP contribution is -2.54. The molecular formula is C28H36O4. The molecule has 1 aromatic rings. The van der Waals surface area contributed by atoms with Crippen molar-refractivity contribution < 1.29 is 19.1 Å². The van der Waals surface area contributed by atoms with Gasteiger partial charge in [-0.05, 0) is 72.8 Å². The third-order valence-corrected chi connectivity index (χ3v) is 9.44. The van der Waals surface area contributed by atoms with Crippen LogP contribution < -0.4 is 0 Å². The normalized spacial score (nSPS) is 40.7. The molecule has 0 aliphatic heterocycles. The molecule has 1 aromatic carbocycles. The van der Waals surface area contributed by atoms with Crippen LogP contribution in [0.2, 0.25) is 0 Å². The third kappa shape index (κ3) is 3.55. The largest absolute Gasteiger partial charge is 0.462 e. The quantitative estimate of drug-likeness (QED) is 0.573. The lowest BCUT2D eigenvalue weighted by atomic mass is 9.47. The Labute approximate surface area is 191 Å². The second-order valence-corrected chi connectivity index (χ2v) is 11.1. The van der Waals surface area contributed by atoms with E-state index in [1.165, 1.54) is 18.1 Å². The molecule has 4 aliphatic rings. The standard InChI is InChI=1S/C28H36O4/c1-18(29)32-21-11-13-27(2)20(15-21)16-24(30)26-22-9-10-25(28(22,3)14-12-23(26)27)31-17-19-7-5-4-6-8-19/h4-8,16,21-23,25-26H,9-15,17H2,1-3H3/t21-,22-,23-,25+,26+,27-,28-/m1/s1. The van der Waals surface area contributed by atoms with Crippen LogP contribution in [0.15, 0.2) is 42.0 Å². The Morgan fingerprint density at radius 2 is 1.81 bits per heavy atom. The van der Waals surface area contributed by atoms with Gasteiger partial charge in [0.25, 0.3) is 0 Å². The molecule has 0 saturated heterocycles. The maximum atomic E-state index is 13.5. The highest BCUT2D eigenvalue weighted by Crippen LogP contribution is 2.64. The van der Waals surface area contributed by atoms with Crippen molar-refractivity contribution in [2.75, 3.05) is 0 Å². The number of ether oxygens (including phenoxy) is 2. The Morgan fingerprint density at radius 1 is 1.03 bits per heavy atom. The van der Waals surface area contributed by atoms with Crippen molar-refractivity contribution in [3.05, 3.63) is 47.5 Å². The molecule has 0 unspecified atom stereocenters. The van der Waals surface area contributed by atoms with Crippen molar-refractivity contribution in [1.29, 1.82) is 0 Å². The summed E-state index contributed by atoms with van der Waals surface area (Å²) in [6.45, 7) is 6.87. The number of esters is 1. The van der Waals surface area contributed by atoms with E-state index in [-0.39, 0.29) is 34.9 Å². The Morgan fingerprint density at radius 3 is 2.56 bits per heavy atom. The van der Waals surface area contributed by atoms with Crippen molar-refractivity contribution in [3.63, 3.8) is 0 Å². The van der Waals surface area contributed by atoms with Gasteiger partial charge in [-0.1, -0.05) is 49.8 Å². The maximum absolute atomic E-state index is 13.5. The molecule has 4 heteroatoms. The summed E-state index contributed by atoms with van der Waals surface area (Å²) in [6, 6.07) is 10.4. The Balaban J connectivity index is 1.35. The van der Waals surface area contributed by atoms with E-state index in [0.29, 0.717) is 24.2 Å². The first-order valence-electron chi connectivity index (χ1n) is 12.4. The van der Waals surface area contributed by atoms with Crippen LogP contribution in [-0.2, 0) is 25.7 Å². The van der Waals surface area contributed by atoms with Crippen molar-refractivity contribution in [1.82, 2.24) is 0 Å². The second-order valence-electron chi connectivity index (χ2n) is 11.1. The minimum absolute atomic E-state index is 0.0551. The molecular weight excluding hydrogens is 400 g/mol. The SMILES string of the molecule is CC(=O)O[C@@H]1CC[C@]2(C)C(=CC(=O)[C@H]3[C@H]4CC[C@H](OCc5ccccc5)[C@]4(C)CC[C@H]32)C1. The predicted octanol–water partition coefficient (Wildman–Crippen LogP) is 5.65. The van der Waals surface area contributed by atoms with Gasteiger partial charge in [0.05, 0.1) is 12.7 Å². The van der Waals surface area contributed by atoms with Crippen molar-refractivity contribution >= 4 is 11.8 Å². The van der Waals surface area contributed by atoms with Gasteiger partial charge in [-0.2, -0.15) is 0 Å². The summed E-state index contributed by atoms with van der Waals surface area (Å²) in [5, 5.41) is 0. The van der Waals surface area contributed by atoms with E-state index in [4.69, 9.17) is 9.47 Å². The fourth-order valence-corrected chi connectivity index (χ4v) is 7.70. The molecule has 4 nitrogen and oxygen atoms in total. The van der Waals surface area contributed by atoms with Crippen molar-refractivity contribution in [3.8, 4) is 0 Å². The molecule has 3 fully saturated rings. The number of carbonyl (C=O) groups is 2. The van der Waals surface area contributed by atoms with E-state index in [1.807, 2.05) is 12.1 Å². The van der Waals surface area contributed by atoms with E-state index in [1.54, 1.807) is 0 Å². The van der Waals surface area contributed by atoms with E-state index < -0.39 is 0 Å². The van der Waals surface area contributed by atoms with Gasteiger partial charge in [-0.3, -0.25) is 9.59 Å². The first-order chi connectivity index (χ1) is 15.3. The van der Waals surface area contributed by atoms with Crippen LogP contribution >= 0.6 is 0 Å². The molecule has 0 spiro atoms. The van der Waals surface area contributed by atoms with E-state index in [2.05, 4.69) is 38.1 Å². The summed E-state index contributed by atoms with van der Waals surface area (Å²) in [4.78, 5) is 25.0. The first-order valence-corrected chi connectivity index (χ1v) is 12.4. The smallest absolute Gasteiger partial charge is 0.302 e. The summed E-state index contributed by atoms with van der Waals surface area (Å²) in [5.74, 6) is 0.999. The topological polar surface area (TPSA) is 52.6 Å². The molecule has 32 heavy (non-hydrogen) atoms. The van der Waals surface area contributed by atoms with Gasteiger partial charge in [0.2, 0.25) is 0 Å². The van der Waals surface area contributed by atoms with Crippen LogP contribution in [0, 0.1) is 28.6 Å². The molecule has 0 radical (unpaired) electrons. The van der Waals surface area contributed by atoms with Crippen LogP contribution in [0.4, 0.5) is 0 Å². The minimum atomic E-state index is -0.222. The highest BCUT2D eigenvalue weighted by atomic mass is 16.5. The summed E-state index contributed by atoms with van der Waals surface area (Å²) in [6.07, 6.45) is 9.05. The average molecular weight is 437 g/mol. The van der Waals surface area contributed by atoms with Crippen LogP contribution in [0.3, 0.4) is 0 Å². The average Bonchev–Trinajstić information content (AvgIpc) is 3.10. The van der Waals surface area contributed by atoms with Gasteiger partial charge in [-0.25, -0.2) is 0 Å². The zero-order valence-corrected chi connectivity index (χ0v) is 19.6. The molecule has 5 rings (SSSR count). The molecule has 0 N–H and O–H groups in total. The van der Waals surface area contributed by atoms with Gasteiger partial charge < -0.3 is 9.47 Å². The number of rotatable bonds is 4. The van der Waals surface area contributed by atoms with E-state index >= 15 is 0 Å². The maximum Gasteiger partial charge on any atom is 0.302 e. The lowest BCUT2D eigenvalue weighted by molar-refractivity contribution is -0.150. The zero-order chi connectivity index (χ0) is 22.5. The number of ketones is 1. The number of benzene rings is 1. The highest BCUT2D eigenvalue weighted by molar-refractivity contribution is 5.94. The second kappa shape index (κ2) is 8.13. The van der Waals surface area contributed by atoms with Crippen LogP contribution in [0.5, 0.6) is 0 Å². The van der Waals surface area contributed by atoms with Crippen molar-refractivity contribution in [2.24, 2.45) is 28.6 Å². The number of allylic oxidation sites excluding steroid dienone is 1. The monoisotopic (exact) mass is 436 g/mol. The van der Waals surface area contributed by atoms with Gasteiger partial charge in [-0.15, -0.1) is 0 Å². The molecule has 172 valence electrons. The fraction of sp³-hybridized carbons (Fsp3) is 0.643. The third-order valence-electron chi connectivity index (χ3n) is 9.44. The molecule has 0 heterocycles. The molecule has 3 saturated carbocycles. The summed E-state index contributed by atoms with van der Waals surface area (Å²) in [5.41, 5.74) is 2.56. The molecule has 0 aromatic heterocycles. The number of hydrogen-bond donors (Lipinski definition) is 0. The van der Waals surface area contributed by atoms with Crippen LogP contribution in [-0.4, -0.2) is 24.0 Å². The Hall–Kier alpha value is -1.94. The van der Waals surface area contributed by atoms with Gasteiger partial charge in [0, 0.05) is 19.3 Å². The van der Waals surface area contributed by atoms with E-state index in [0.717, 1.165) is 44.9 Å². The van der Waals surface area contributed by atoms with E-state index in [9.17, 15) is 9.59 Å². The Kier molecular flexibility index (Phi) is 5.56. The number of fused-ring (bicyclic) bond motifs is 5. The predicted molar refractivity (Wildman–Crippen MR) is 123 cm³/mol. The highest BCUT2D eigenvalue weighted by Gasteiger charge is 2.61. The molecule has 0 amide bonds. The summed E-state index contributed by atoms with van der Waals surface area (Å²) in [7, 11) is 0. The van der Waals surface area contributed by atoms with Crippen molar-refractivity contribution in [2.45, 2.75) is 84.5 Å². The fourth-order valence-electron chi connectivity index (χ4n) is 7.70. The Bertz CT molecular complexity index is 921. The zero-order valence-electron chi connectivity index (χ0n) is 19.6. The number of hydrogen-bond acceptors (Lipinski definition) is 4. The van der Waals surface area contributed by atoms with Gasteiger partial charge in [0.15, 0.2) is 5.78 Å². The minimum Gasteiger partial charge on any atom is -0.462 e. The summed E-state index contributed by atoms with van der Waals surface area (Å²) < 4.78 is 12.0. The molecule has 0 bridgehead atoms. The molecule has 4 aliphatic carbocycles. The first kappa shape index (κ1) is 21.9. The van der Waals surface area contributed by atoms with Crippen LogP contribution in [0.25, 0.3) is 0 Å². The van der Waals surface area contributed by atoms with Gasteiger partial charge in [0.1, 0.15) is 6.10 Å². The van der Waals surface area contributed by atoms with Crippen LogP contribution in [0.1, 0.15) is 71.3 Å². The lowest BCUT2D eigenvalue weighted by Gasteiger charge is -2.57. The number of carbonyl (C=O) groups excluding carboxylic acids is 2. The summed E-state index contributed by atoms with van der Waals surface area (Å²) >= 11 is 0. The van der Waals surface area contributed by atoms with Gasteiger partial charge >= 0.3 is 5.97 Å². The molecule has 7 atom stereocenters.